The van der Waals surface area contributed by atoms with Crippen molar-refractivity contribution in [3.8, 4) is 0 Å². The Kier molecular flexibility index (Phi) is 4.25. The molecule has 0 aliphatic heterocycles. The van der Waals surface area contributed by atoms with Gasteiger partial charge in [0.1, 0.15) is 0 Å². The second-order valence-corrected chi connectivity index (χ2v) is 4.11. The van der Waals surface area contributed by atoms with Crippen LogP contribution < -0.4 is 11.1 Å². The van der Waals surface area contributed by atoms with Gasteiger partial charge in [-0.25, -0.2) is 0 Å². The molecule has 1 heterocycles. The number of rotatable bonds is 5. The maximum absolute atomic E-state index is 11.5. The van der Waals surface area contributed by atoms with Crippen LogP contribution >= 0.6 is 0 Å². The lowest BCUT2D eigenvalue weighted by molar-refractivity contribution is 0.0942. The molecule has 0 saturated heterocycles. The van der Waals surface area contributed by atoms with E-state index in [1.54, 1.807) is 0 Å². The van der Waals surface area contributed by atoms with E-state index >= 15 is 0 Å². The molecule has 1 amide bonds. The number of hydrogen-bond acceptors (Lipinski definition) is 5. The molecule has 2 rings (SSSR count). The molecule has 0 aliphatic rings. The Morgan fingerprint density at radius 1 is 1.42 bits per heavy atom. The third-order valence-electron chi connectivity index (χ3n) is 2.60. The zero-order valence-corrected chi connectivity index (χ0v) is 10.7. The van der Waals surface area contributed by atoms with Crippen LogP contribution in [-0.4, -0.2) is 22.6 Å². The highest BCUT2D eigenvalue weighted by Gasteiger charge is 2.18. The lowest BCUT2D eigenvalue weighted by atomic mass is 10.1. The lowest BCUT2D eigenvalue weighted by Crippen LogP contribution is -2.24. The van der Waals surface area contributed by atoms with Crippen molar-refractivity contribution in [1.82, 2.24) is 15.5 Å². The molecule has 19 heavy (non-hydrogen) atoms. The van der Waals surface area contributed by atoms with E-state index in [0.29, 0.717) is 13.0 Å². The first-order chi connectivity index (χ1) is 9.20. The van der Waals surface area contributed by atoms with E-state index in [0.717, 1.165) is 5.56 Å². The third kappa shape index (κ3) is 3.38. The number of nitrogens with one attached hydrogen (secondary N) is 1. The van der Waals surface area contributed by atoms with Crippen molar-refractivity contribution in [2.24, 2.45) is 5.73 Å². The van der Waals surface area contributed by atoms with E-state index < -0.39 is 6.04 Å². The SMILES string of the molecule is CCNC(=O)c1noc([C@@H](N)Cc2ccccc2)n1. The van der Waals surface area contributed by atoms with E-state index in [1.807, 2.05) is 37.3 Å². The molecule has 0 aliphatic carbocycles. The monoisotopic (exact) mass is 260 g/mol. The molecule has 1 atom stereocenters. The number of nitrogens with zero attached hydrogens (tertiary/aromatic N) is 2. The molecule has 6 nitrogen and oxygen atoms in total. The quantitative estimate of drug-likeness (QED) is 0.838. The zero-order valence-electron chi connectivity index (χ0n) is 10.7. The van der Waals surface area contributed by atoms with Crippen LogP contribution in [0.4, 0.5) is 0 Å². The Bertz CT molecular complexity index is 539. The van der Waals surface area contributed by atoms with Crippen LogP contribution in [0.25, 0.3) is 0 Å². The lowest BCUT2D eigenvalue weighted by Gasteiger charge is -2.05. The van der Waals surface area contributed by atoms with Gasteiger partial charge in [0, 0.05) is 6.54 Å². The fraction of sp³-hybridized carbons (Fsp3) is 0.308. The standard InChI is InChI=1S/C13H16N4O2/c1-2-15-12(18)11-16-13(19-17-11)10(14)8-9-6-4-3-5-7-9/h3-7,10H,2,8,14H2,1H3,(H,15,18)/t10-/m0/s1. The summed E-state index contributed by atoms with van der Waals surface area (Å²) in [6.45, 7) is 2.33. The number of aromatic nitrogens is 2. The van der Waals surface area contributed by atoms with E-state index in [2.05, 4.69) is 15.5 Å². The van der Waals surface area contributed by atoms with Gasteiger partial charge in [-0.1, -0.05) is 35.5 Å². The minimum atomic E-state index is -0.418. The van der Waals surface area contributed by atoms with Crippen molar-refractivity contribution in [1.29, 1.82) is 0 Å². The molecule has 0 unspecified atom stereocenters. The van der Waals surface area contributed by atoms with E-state index in [-0.39, 0.29) is 17.6 Å². The van der Waals surface area contributed by atoms with Gasteiger partial charge in [0.2, 0.25) is 5.89 Å². The van der Waals surface area contributed by atoms with Crippen molar-refractivity contribution in [3.05, 3.63) is 47.6 Å². The molecule has 0 fully saturated rings. The molecule has 100 valence electrons. The molecule has 3 N–H and O–H groups in total. The average Bonchev–Trinajstić information content (AvgIpc) is 2.90. The number of amides is 1. The van der Waals surface area contributed by atoms with Gasteiger partial charge >= 0.3 is 0 Å². The molecule has 2 aromatic rings. The highest BCUT2D eigenvalue weighted by Crippen LogP contribution is 2.14. The second-order valence-electron chi connectivity index (χ2n) is 4.11. The van der Waals surface area contributed by atoms with Gasteiger partial charge in [0.05, 0.1) is 6.04 Å². The van der Waals surface area contributed by atoms with Crippen molar-refractivity contribution in [3.63, 3.8) is 0 Å². The van der Waals surface area contributed by atoms with Crippen LogP contribution in [0.2, 0.25) is 0 Å². The Balaban J connectivity index is 2.04. The summed E-state index contributed by atoms with van der Waals surface area (Å²) in [5, 5.41) is 6.22. The number of hydrogen-bond donors (Lipinski definition) is 2. The van der Waals surface area contributed by atoms with Gasteiger partial charge < -0.3 is 15.6 Å². The summed E-state index contributed by atoms with van der Waals surface area (Å²) in [6.07, 6.45) is 0.581. The van der Waals surface area contributed by atoms with Crippen LogP contribution in [0, 0.1) is 0 Å². The van der Waals surface area contributed by atoms with Crippen molar-refractivity contribution < 1.29 is 9.32 Å². The van der Waals surface area contributed by atoms with Crippen LogP contribution in [0.3, 0.4) is 0 Å². The fourth-order valence-electron chi connectivity index (χ4n) is 1.67. The predicted molar refractivity (Wildman–Crippen MR) is 69.4 cm³/mol. The first-order valence-electron chi connectivity index (χ1n) is 6.12. The van der Waals surface area contributed by atoms with Gasteiger partial charge in [-0.2, -0.15) is 4.98 Å². The number of nitrogens with two attached hydrogens (primary N) is 1. The highest BCUT2D eigenvalue weighted by atomic mass is 16.5. The van der Waals surface area contributed by atoms with E-state index in [9.17, 15) is 4.79 Å². The number of carbonyl (C=O) groups is 1. The maximum Gasteiger partial charge on any atom is 0.292 e. The summed E-state index contributed by atoms with van der Waals surface area (Å²) in [5.41, 5.74) is 7.06. The van der Waals surface area contributed by atoms with Gasteiger partial charge in [-0.15, -0.1) is 0 Å². The maximum atomic E-state index is 11.5. The number of benzene rings is 1. The van der Waals surface area contributed by atoms with Crippen molar-refractivity contribution in [2.45, 2.75) is 19.4 Å². The molecular formula is C13H16N4O2. The van der Waals surface area contributed by atoms with E-state index in [4.69, 9.17) is 10.3 Å². The smallest absolute Gasteiger partial charge is 0.292 e. The number of carbonyl (C=O) groups excluding carboxylic acids is 1. The highest BCUT2D eigenvalue weighted by molar-refractivity contribution is 5.90. The Hall–Kier alpha value is -2.21. The Labute approximate surface area is 111 Å². The molecule has 0 saturated carbocycles. The summed E-state index contributed by atoms with van der Waals surface area (Å²) in [4.78, 5) is 15.5. The summed E-state index contributed by atoms with van der Waals surface area (Å²) in [7, 11) is 0. The van der Waals surface area contributed by atoms with Crippen LogP contribution in [0.1, 0.15) is 35.0 Å². The summed E-state index contributed by atoms with van der Waals surface area (Å²) in [5.74, 6) is -0.0742. The molecule has 0 radical (unpaired) electrons. The molecule has 1 aromatic heterocycles. The van der Waals surface area contributed by atoms with E-state index in [1.165, 1.54) is 0 Å². The largest absolute Gasteiger partial charge is 0.349 e. The second kappa shape index (κ2) is 6.10. The van der Waals surface area contributed by atoms with Crippen molar-refractivity contribution >= 4 is 5.91 Å². The van der Waals surface area contributed by atoms with Crippen LogP contribution in [0.15, 0.2) is 34.9 Å². The normalized spacial score (nSPS) is 12.1. The molecule has 6 heteroatoms. The third-order valence-corrected chi connectivity index (χ3v) is 2.60. The summed E-state index contributed by atoms with van der Waals surface area (Å²) >= 11 is 0. The molecule has 0 bridgehead atoms. The summed E-state index contributed by atoms with van der Waals surface area (Å²) < 4.78 is 5.02. The van der Waals surface area contributed by atoms with Crippen LogP contribution in [0.5, 0.6) is 0 Å². The molecular weight excluding hydrogens is 244 g/mol. The first kappa shape index (κ1) is 13.2. The Morgan fingerprint density at radius 3 is 2.84 bits per heavy atom. The minimum absolute atomic E-state index is 0.0142. The average molecular weight is 260 g/mol. The Morgan fingerprint density at radius 2 is 2.16 bits per heavy atom. The van der Waals surface area contributed by atoms with Crippen molar-refractivity contribution in [2.75, 3.05) is 6.54 Å². The minimum Gasteiger partial charge on any atom is -0.349 e. The zero-order chi connectivity index (χ0) is 13.7. The van der Waals surface area contributed by atoms with Crippen LogP contribution in [-0.2, 0) is 6.42 Å². The first-order valence-corrected chi connectivity index (χ1v) is 6.12. The van der Waals surface area contributed by atoms with Gasteiger partial charge in [-0.05, 0) is 18.9 Å². The van der Waals surface area contributed by atoms with Gasteiger partial charge in [-0.3, -0.25) is 4.79 Å². The predicted octanol–water partition coefficient (Wildman–Crippen LogP) is 1.06. The molecule has 1 aromatic carbocycles. The summed E-state index contributed by atoms with van der Waals surface area (Å²) in [6, 6.07) is 9.35. The van der Waals surface area contributed by atoms with Gasteiger partial charge in [0.15, 0.2) is 0 Å². The fourth-order valence-corrected chi connectivity index (χ4v) is 1.67. The molecule has 0 spiro atoms. The topological polar surface area (TPSA) is 94.0 Å². The van der Waals surface area contributed by atoms with Gasteiger partial charge in [0.25, 0.3) is 11.7 Å².